The summed E-state index contributed by atoms with van der Waals surface area (Å²) in [6, 6.07) is 2.20. The highest BCUT2D eigenvalue weighted by Gasteiger charge is 2.35. The summed E-state index contributed by atoms with van der Waals surface area (Å²) >= 11 is 0. The highest BCUT2D eigenvalue weighted by atomic mass is 16.4. The van der Waals surface area contributed by atoms with Crippen LogP contribution in [0, 0.1) is 5.92 Å². The number of carboxylic acid groups (broad SMARTS) is 1. The fourth-order valence-corrected chi connectivity index (χ4v) is 3.87. The van der Waals surface area contributed by atoms with Gasteiger partial charge in [0, 0.05) is 17.1 Å². The van der Waals surface area contributed by atoms with Crippen LogP contribution in [0.15, 0.2) is 30.5 Å². The van der Waals surface area contributed by atoms with Crippen molar-refractivity contribution in [1.29, 1.82) is 0 Å². The van der Waals surface area contributed by atoms with Gasteiger partial charge in [0.15, 0.2) is 0 Å². The van der Waals surface area contributed by atoms with Crippen molar-refractivity contribution in [2.24, 2.45) is 11.7 Å². The van der Waals surface area contributed by atoms with Crippen molar-refractivity contribution in [3.8, 4) is 0 Å². The average molecular weight is 520 g/mol. The molecular formula is C25H37N5O7. The highest BCUT2D eigenvalue weighted by molar-refractivity contribution is 5.95. The molecule has 7 unspecified atom stereocenters. The maximum absolute atomic E-state index is 12.9. The molecule has 3 amide bonds. The summed E-state index contributed by atoms with van der Waals surface area (Å²) in [5, 5.41) is 37.6. The third-order valence-corrected chi connectivity index (χ3v) is 6.35. The van der Waals surface area contributed by atoms with Crippen molar-refractivity contribution in [3.05, 3.63) is 36.0 Å². The second kappa shape index (κ2) is 13.2. The summed E-state index contributed by atoms with van der Waals surface area (Å²) in [6.07, 6.45) is -0.391. The number of H-pyrrole nitrogens is 1. The molecule has 1 heterocycles. The first-order valence-corrected chi connectivity index (χ1v) is 12.2. The maximum Gasteiger partial charge on any atom is 0.326 e. The van der Waals surface area contributed by atoms with E-state index in [1.807, 2.05) is 24.3 Å². The predicted octanol–water partition coefficient (Wildman–Crippen LogP) is -0.616. The molecule has 12 nitrogen and oxygen atoms in total. The molecule has 204 valence electrons. The number of benzene rings is 1. The molecule has 0 saturated carbocycles. The topological polar surface area (TPSA) is 207 Å². The van der Waals surface area contributed by atoms with Crippen LogP contribution in [0.5, 0.6) is 0 Å². The van der Waals surface area contributed by atoms with Crippen LogP contribution in [-0.4, -0.2) is 80.4 Å². The van der Waals surface area contributed by atoms with E-state index in [1.54, 1.807) is 20.0 Å². The van der Waals surface area contributed by atoms with Gasteiger partial charge in [0.25, 0.3) is 0 Å². The largest absolute Gasteiger partial charge is 0.480 e. The van der Waals surface area contributed by atoms with Crippen molar-refractivity contribution in [3.63, 3.8) is 0 Å². The highest BCUT2D eigenvalue weighted by Crippen LogP contribution is 2.19. The second-order valence-corrected chi connectivity index (χ2v) is 9.33. The molecule has 0 bridgehead atoms. The number of aromatic nitrogens is 1. The first kappa shape index (κ1) is 29.7. The lowest BCUT2D eigenvalue weighted by atomic mass is 9.98. The summed E-state index contributed by atoms with van der Waals surface area (Å²) in [5.74, 6) is -4.22. The minimum Gasteiger partial charge on any atom is -0.480 e. The zero-order valence-corrected chi connectivity index (χ0v) is 21.4. The van der Waals surface area contributed by atoms with E-state index in [-0.39, 0.29) is 6.42 Å². The van der Waals surface area contributed by atoms with Crippen LogP contribution in [0.2, 0.25) is 0 Å². The van der Waals surface area contributed by atoms with Crippen molar-refractivity contribution in [1.82, 2.24) is 20.9 Å². The molecule has 2 rings (SSSR count). The van der Waals surface area contributed by atoms with E-state index in [4.69, 9.17) is 5.73 Å². The Morgan fingerprint density at radius 1 is 0.892 bits per heavy atom. The summed E-state index contributed by atoms with van der Waals surface area (Å²) in [7, 11) is 0. The van der Waals surface area contributed by atoms with E-state index in [0.29, 0.717) is 6.42 Å². The Hall–Kier alpha value is -3.48. The van der Waals surface area contributed by atoms with Crippen molar-refractivity contribution in [2.75, 3.05) is 0 Å². The van der Waals surface area contributed by atoms with Gasteiger partial charge in [0.2, 0.25) is 17.7 Å². The normalized spacial score (nSPS) is 17.1. The number of hydrogen-bond acceptors (Lipinski definition) is 7. The van der Waals surface area contributed by atoms with Crippen molar-refractivity contribution >= 4 is 34.6 Å². The molecule has 0 saturated heterocycles. The molecule has 2 aromatic rings. The first-order valence-electron chi connectivity index (χ1n) is 12.2. The maximum atomic E-state index is 12.9. The number of aliphatic hydroxyl groups is 2. The van der Waals surface area contributed by atoms with E-state index in [1.165, 1.54) is 13.8 Å². The minimum absolute atomic E-state index is 0.162. The smallest absolute Gasteiger partial charge is 0.326 e. The lowest BCUT2D eigenvalue weighted by molar-refractivity contribution is -0.144. The van der Waals surface area contributed by atoms with E-state index in [0.717, 1.165) is 16.5 Å². The zero-order chi connectivity index (χ0) is 27.9. The van der Waals surface area contributed by atoms with Gasteiger partial charge in [-0.05, 0) is 37.8 Å². The molecule has 1 aromatic heterocycles. The first-order chi connectivity index (χ1) is 17.4. The number of aromatic amines is 1. The van der Waals surface area contributed by atoms with Crippen LogP contribution in [0.1, 0.15) is 39.7 Å². The number of aliphatic hydroxyl groups excluding tert-OH is 2. The number of nitrogens with one attached hydrogen (secondary N) is 4. The lowest BCUT2D eigenvalue weighted by Crippen LogP contribution is -2.62. The van der Waals surface area contributed by atoms with Crippen LogP contribution in [0.4, 0.5) is 0 Å². The number of para-hydroxylation sites is 1. The SMILES string of the molecule is CCC(C)C(NC(=O)C(NC(=O)C(NC(=O)C(N)Cc1c[nH]c2ccccc12)C(C)O)C(C)O)C(=O)O. The Bertz CT molecular complexity index is 1100. The second-order valence-electron chi connectivity index (χ2n) is 9.33. The molecular weight excluding hydrogens is 482 g/mol. The van der Waals surface area contributed by atoms with Gasteiger partial charge in [0.05, 0.1) is 18.2 Å². The van der Waals surface area contributed by atoms with E-state index in [2.05, 4.69) is 20.9 Å². The van der Waals surface area contributed by atoms with Gasteiger partial charge >= 0.3 is 5.97 Å². The van der Waals surface area contributed by atoms with Crippen LogP contribution in [-0.2, 0) is 25.6 Å². The molecule has 0 aliphatic carbocycles. The number of nitrogens with two attached hydrogens (primary N) is 1. The Labute approximate surface area is 215 Å². The minimum atomic E-state index is -1.53. The van der Waals surface area contributed by atoms with Crippen molar-refractivity contribution in [2.45, 2.75) is 76.9 Å². The van der Waals surface area contributed by atoms with Gasteiger partial charge in [-0.3, -0.25) is 14.4 Å². The number of rotatable bonds is 13. The number of fused-ring (bicyclic) bond motifs is 1. The average Bonchev–Trinajstić information content (AvgIpc) is 3.25. The summed E-state index contributed by atoms with van der Waals surface area (Å²) in [4.78, 5) is 53.1. The Balaban J connectivity index is 2.09. The van der Waals surface area contributed by atoms with Gasteiger partial charge < -0.3 is 42.0 Å². The number of carbonyl (C=O) groups is 4. The summed E-state index contributed by atoms with van der Waals surface area (Å²) < 4.78 is 0. The summed E-state index contributed by atoms with van der Waals surface area (Å²) in [5.41, 5.74) is 7.76. The summed E-state index contributed by atoms with van der Waals surface area (Å²) in [6.45, 7) is 5.93. The standard InChI is InChI=1S/C25H37N5O7/c1-5-12(2)19(25(36)37)28-23(34)21(14(4)32)30-24(35)20(13(3)31)29-22(33)17(26)10-15-11-27-18-9-7-6-8-16(15)18/h6-9,11-14,17,19-21,27,31-32H,5,10,26H2,1-4H3,(H,28,34)(H,29,33)(H,30,35)(H,36,37). The fraction of sp³-hybridized carbons (Fsp3) is 0.520. The van der Waals surface area contributed by atoms with Crippen LogP contribution < -0.4 is 21.7 Å². The van der Waals surface area contributed by atoms with Crippen LogP contribution >= 0.6 is 0 Å². The molecule has 0 radical (unpaired) electrons. The van der Waals surface area contributed by atoms with Gasteiger partial charge in [-0.25, -0.2) is 4.79 Å². The molecule has 0 fully saturated rings. The van der Waals surface area contributed by atoms with Crippen molar-refractivity contribution < 1.29 is 34.5 Å². The fourth-order valence-electron chi connectivity index (χ4n) is 3.87. The zero-order valence-electron chi connectivity index (χ0n) is 21.4. The van der Waals surface area contributed by atoms with Crippen LogP contribution in [0.25, 0.3) is 10.9 Å². The molecule has 37 heavy (non-hydrogen) atoms. The van der Waals surface area contributed by atoms with E-state index < -0.39 is 66.0 Å². The third kappa shape index (κ3) is 7.75. The predicted molar refractivity (Wildman–Crippen MR) is 136 cm³/mol. The molecule has 12 heteroatoms. The van der Waals surface area contributed by atoms with Crippen LogP contribution in [0.3, 0.4) is 0 Å². The number of carbonyl (C=O) groups excluding carboxylic acids is 3. The Kier molecular flexibility index (Phi) is 10.6. The Morgan fingerprint density at radius 2 is 1.41 bits per heavy atom. The quantitative estimate of drug-likeness (QED) is 0.171. The Morgan fingerprint density at radius 3 is 1.92 bits per heavy atom. The van der Waals surface area contributed by atoms with Gasteiger partial charge in [-0.15, -0.1) is 0 Å². The lowest BCUT2D eigenvalue weighted by Gasteiger charge is -2.28. The molecule has 0 spiro atoms. The molecule has 7 atom stereocenters. The molecule has 9 N–H and O–H groups in total. The van der Waals surface area contributed by atoms with Gasteiger partial charge in [-0.2, -0.15) is 0 Å². The van der Waals surface area contributed by atoms with E-state index >= 15 is 0 Å². The third-order valence-electron chi connectivity index (χ3n) is 6.35. The molecule has 1 aromatic carbocycles. The van der Waals surface area contributed by atoms with E-state index in [9.17, 15) is 34.5 Å². The number of carboxylic acids is 1. The molecule has 0 aliphatic heterocycles. The number of aliphatic carboxylic acids is 1. The van der Waals surface area contributed by atoms with Gasteiger partial charge in [0.1, 0.15) is 18.1 Å². The number of hydrogen-bond donors (Lipinski definition) is 8. The monoisotopic (exact) mass is 519 g/mol. The number of amides is 3. The van der Waals surface area contributed by atoms with Gasteiger partial charge in [-0.1, -0.05) is 38.5 Å². The molecule has 0 aliphatic rings.